The zero-order valence-corrected chi connectivity index (χ0v) is 12.6. The van der Waals surface area contributed by atoms with Crippen molar-refractivity contribution in [3.8, 4) is 0 Å². The fraction of sp³-hybridized carbons (Fsp3) is 0.667. The van der Waals surface area contributed by atoms with Crippen molar-refractivity contribution in [2.24, 2.45) is 5.84 Å². The number of hydrazine groups is 1. The van der Waals surface area contributed by atoms with Crippen LogP contribution >= 0.6 is 0 Å². The number of furan rings is 1. The molecule has 1 atom stereocenters. The smallest absolute Gasteiger partial charge is 0.268 e. The van der Waals surface area contributed by atoms with Crippen LogP contribution in [0.25, 0.3) is 0 Å². The van der Waals surface area contributed by atoms with Crippen LogP contribution in [0, 0.1) is 6.92 Å². The fourth-order valence-corrected chi connectivity index (χ4v) is 3.57. The quantitative estimate of drug-likeness (QED) is 0.491. The molecule has 2 aliphatic heterocycles. The predicted molar refractivity (Wildman–Crippen MR) is 79.6 cm³/mol. The summed E-state index contributed by atoms with van der Waals surface area (Å²) >= 11 is 0. The lowest BCUT2D eigenvalue weighted by Crippen LogP contribution is -2.36. The van der Waals surface area contributed by atoms with Crippen molar-refractivity contribution in [2.45, 2.75) is 38.8 Å². The van der Waals surface area contributed by atoms with Crippen LogP contribution < -0.4 is 11.3 Å². The Labute approximate surface area is 125 Å². The Morgan fingerprint density at radius 3 is 3.05 bits per heavy atom. The number of nitrogen functional groups attached to an aromatic ring is 1. The van der Waals surface area contributed by atoms with Gasteiger partial charge in [-0.15, -0.1) is 0 Å². The Bertz CT molecular complexity index is 514. The highest BCUT2D eigenvalue weighted by atomic mass is 16.3. The van der Waals surface area contributed by atoms with Crippen LogP contribution in [0.5, 0.6) is 0 Å². The molecule has 6 heteroatoms. The molecule has 116 valence electrons. The summed E-state index contributed by atoms with van der Waals surface area (Å²) in [4.78, 5) is 16.7. The van der Waals surface area contributed by atoms with Gasteiger partial charge >= 0.3 is 0 Å². The third kappa shape index (κ3) is 3.12. The molecule has 3 N–H and O–H groups in total. The van der Waals surface area contributed by atoms with Gasteiger partial charge < -0.3 is 4.42 Å². The fourth-order valence-electron chi connectivity index (χ4n) is 3.57. The molecular weight excluding hydrogens is 268 g/mol. The molecule has 0 radical (unpaired) electrons. The maximum absolute atomic E-state index is 11.6. The summed E-state index contributed by atoms with van der Waals surface area (Å²) in [5, 5.41) is 0. The Balaban J connectivity index is 1.67. The van der Waals surface area contributed by atoms with Crippen molar-refractivity contribution < 1.29 is 9.21 Å². The first-order valence-electron chi connectivity index (χ1n) is 7.74. The number of nitrogens with one attached hydrogen (secondary N) is 1. The Hall–Kier alpha value is -1.37. The first kappa shape index (κ1) is 14.6. The van der Waals surface area contributed by atoms with Crippen LogP contribution in [0.4, 0.5) is 0 Å². The summed E-state index contributed by atoms with van der Waals surface area (Å²) in [6, 6.07) is 2.50. The highest BCUT2D eigenvalue weighted by Crippen LogP contribution is 2.23. The number of hydrogen-bond donors (Lipinski definition) is 2. The minimum Gasteiger partial charge on any atom is -0.464 e. The van der Waals surface area contributed by atoms with Crippen LogP contribution in [0.2, 0.25) is 0 Å². The number of rotatable bonds is 3. The van der Waals surface area contributed by atoms with E-state index in [2.05, 4.69) is 15.2 Å². The Morgan fingerprint density at radius 2 is 2.24 bits per heavy atom. The van der Waals surface area contributed by atoms with Crippen LogP contribution in [0.1, 0.15) is 41.1 Å². The van der Waals surface area contributed by atoms with Gasteiger partial charge in [-0.05, 0) is 51.9 Å². The third-order valence-electron chi connectivity index (χ3n) is 4.61. The predicted octanol–water partition coefficient (Wildman–Crippen LogP) is 0.862. The lowest BCUT2D eigenvalue weighted by molar-refractivity contribution is 0.0952. The summed E-state index contributed by atoms with van der Waals surface area (Å²) in [6.45, 7) is 7.21. The van der Waals surface area contributed by atoms with Crippen LogP contribution in [-0.2, 0) is 6.54 Å². The van der Waals surface area contributed by atoms with Gasteiger partial charge in [-0.2, -0.15) is 0 Å². The van der Waals surface area contributed by atoms with E-state index < -0.39 is 0 Å². The van der Waals surface area contributed by atoms with Gasteiger partial charge in [0.2, 0.25) is 0 Å². The molecule has 6 nitrogen and oxygen atoms in total. The number of carbonyl (C=O) groups excluding carboxylic acids is 1. The molecule has 2 saturated heterocycles. The van der Waals surface area contributed by atoms with Crippen molar-refractivity contribution in [2.75, 3.05) is 26.2 Å². The van der Waals surface area contributed by atoms with E-state index in [0.29, 0.717) is 17.4 Å². The minimum atomic E-state index is -0.291. The number of aryl methyl sites for hydroxylation is 1. The van der Waals surface area contributed by atoms with Crippen molar-refractivity contribution in [1.29, 1.82) is 0 Å². The van der Waals surface area contributed by atoms with Gasteiger partial charge in [0.25, 0.3) is 5.91 Å². The molecule has 3 heterocycles. The lowest BCUT2D eigenvalue weighted by Gasteiger charge is -2.24. The molecular formula is C15H24N4O2. The average Bonchev–Trinajstić information content (AvgIpc) is 3.00. The Morgan fingerprint density at radius 1 is 1.43 bits per heavy atom. The maximum atomic E-state index is 11.6. The normalized spacial score (nSPS) is 23.8. The molecule has 0 bridgehead atoms. The maximum Gasteiger partial charge on any atom is 0.268 e. The summed E-state index contributed by atoms with van der Waals surface area (Å²) in [6.07, 6.45) is 3.82. The zero-order valence-electron chi connectivity index (χ0n) is 12.6. The van der Waals surface area contributed by atoms with E-state index in [1.165, 1.54) is 32.4 Å². The molecule has 21 heavy (non-hydrogen) atoms. The third-order valence-corrected chi connectivity index (χ3v) is 4.61. The molecule has 2 fully saturated rings. The van der Waals surface area contributed by atoms with E-state index in [1.807, 2.05) is 6.07 Å². The summed E-state index contributed by atoms with van der Waals surface area (Å²) in [5.41, 5.74) is 2.69. The number of nitrogens with two attached hydrogens (primary N) is 1. The number of nitrogens with zero attached hydrogens (tertiary/aromatic N) is 2. The average molecular weight is 292 g/mol. The van der Waals surface area contributed by atoms with E-state index >= 15 is 0 Å². The lowest BCUT2D eigenvalue weighted by atomic mass is 10.2. The standard InChI is InChI=1S/C15H24N4O2/c1-11-14(15(20)17-16)8-13(21-11)10-18-5-3-7-19-6-2-4-12(19)9-18/h8,12H,2-7,9-10,16H2,1H3,(H,17,20). The van der Waals surface area contributed by atoms with Gasteiger partial charge in [0.05, 0.1) is 12.1 Å². The summed E-state index contributed by atoms with van der Waals surface area (Å²) in [5.74, 6) is 6.37. The largest absolute Gasteiger partial charge is 0.464 e. The number of amides is 1. The molecule has 0 aromatic carbocycles. The van der Waals surface area contributed by atoms with Crippen molar-refractivity contribution >= 4 is 5.91 Å². The van der Waals surface area contributed by atoms with Gasteiger partial charge in [0.1, 0.15) is 11.5 Å². The first-order chi connectivity index (χ1) is 10.2. The van der Waals surface area contributed by atoms with Gasteiger partial charge in [-0.1, -0.05) is 0 Å². The van der Waals surface area contributed by atoms with Crippen LogP contribution in [0.15, 0.2) is 10.5 Å². The molecule has 1 unspecified atom stereocenters. The molecule has 3 rings (SSSR count). The van der Waals surface area contributed by atoms with Crippen LogP contribution in [0.3, 0.4) is 0 Å². The highest BCUT2D eigenvalue weighted by molar-refractivity contribution is 5.94. The van der Waals surface area contributed by atoms with Gasteiger partial charge in [0, 0.05) is 12.6 Å². The summed E-state index contributed by atoms with van der Waals surface area (Å²) < 4.78 is 5.72. The molecule has 0 spiro atoms. The zero-order chi connectivity index (χ0) is 14.8. The summed E-state index contributed by atoms with van der Waals surface area (Å²) in [7, 11) is 0. The van der Waals surface area contributed by atoms with Crippen molar-refractivity contribution in [1.82, 2.24) is 15.2 Å². The topological polar surface area (TPSA) is 74.7 Å². The number of carbonyl (C=O) groups is 1. The van der Waals surface area contributed by atoms with Gasteiger partial charge in [0.15, 0.2) is 0 Å². The molecule has 2 aliphatic rings. The van der Waals surface area contributed by atoms with Gasteiger partial charge in [-0.25, -0.2) is 5.84 Å². The SMILES string of the molecule is Cc1oc(CN2CCCN3CCCC3C2)cc1C(=O)NN. The van der Waals surface area contributed by atoms with E-state index in [0.717, 1.165) is 25.4 Å². The van der Waals surface area contributed by atoms with E-state index in [1.54, 1.807) is 6.92 Å². The van der Waals surface area contributed by atoms with E-state index in [4.69, 9.17) is 10.3 Å². The van der Waals surface area contributed by atoms with Crippen molar-refractivity contribution in [3.63, 3.8) is 0 Å². The molecule has 1 amide bonds. The molecule has 0 saturated carbocycles. The Kier molecular flexibility index (Phi) is 4.28. The molecule has 1 aromatic rings. The number of hydrogen-bond acceptors (Lipinski definition) is 5. The monoisotopic (exact) mass is 292 g/mol. The second-order valence-corrected chi connectivity index (χ2v) is 6.08. The second-order valence-electron chi connectivity index (χ2n) is 6.08. The van der Waals surface area contributed by atoms with Gasteiger partial charge in [-0.3, -0.25) is 20.0 Å². The van der Waals surface area contributed by atoms with Crippen molar-refractivity contribution in [3.05, 3.63) is 23.2 Å². The van der Waals surface area contributed by atoms with E-state index in [9.17, 15) is 4.79 Å². The van der Waals surface area contributed by atoms with E-state index in [-0.39, 0.29) is 5.91 Å². The minimum absolute atomic E-state index is 0.291. The number of fused-ring (bicyclic) bond motifs is 1. The highest BCUT2D eigenvalue weighted by Gasteiger charge is 2.29. The van der Waals surface area contributed by atoms with Crippen LogP contribution in [-0.4, -0.2) is 47.9 Å². The molecule has 0 aliphatic carbocycles. The first-order valence-corrected chi connectivity index (χ1v) is 7.74. The second kappa shape index (κ2) is 6.17. The molecule has 1 aromatic heterocycles.